The third-order valence-corrected chi connectivity index (χ3v) is 2.56. The Morgan fingerprint density at radius 3 is 2.79 bits per heavy atom. The van der Waals surface area contributed by atoms with E-state index in [1.165, 1.54) is 16.9 Å². The van der Waals surface area contributed by atoms with Crippen LogP contribution in [0.25, 0.3) is 0 Å². The zero-order valence-corrected chi connectivity index (χ0v) is 9.93. The Kier molecular flexibility index (Phi) is 3.46. The van der Waals surface area contributed by atoms with Gasteiger partial charge in [0.15, 0.2) is 11.6 Å². The number of halogens is 2. The van der Waals surface area contributed by atoms with Gasteiger partial charge in [-0.1, -0.05) is 0 Å². The first-order chi connectivity index (χ1) is 8.99. The molecule has 0 saturated heterocycles. The van der Waals surface area contributed by atoms with Gasteiger partial charge in [-0.15, -0.1) is 0 Å². The van der Waals surface area contributed by atoms with E-state index in [1.54, 1.807) is 7.05 Å². The van der Waals surface area contributed by atoms with Crippen LogP contribution in [0.1, 0.15) is 16.1 Å². The maximum atomic E-state index is 13.0. The Labute approximate surface area is 107 Å². The molecule has 1 aromatic heterocycles. The fourth-order valence-corrected chi connectivity index (χ4v) is 1.53. The molecule has 0 saturated carbocycles. The number of carboxylic acid groups (broad SMARTS) is 1. The highest BCUT2D eigenvalue weighted by Crippen LogP contribution is 2.18. The first-order valence-corrected chi connectivity index (χ1v) is 5.31. The second kappa shape index (κ2) is 5.05. The molecule has 1 heterocycles. The summed E-state index contributed by atoms with van der Waals surface area (Å²) >= 11 is 0. The van der Waals surface area contributed by atoms with Crippen LogP contribution in [0.15, 0.2) is 24.4 Å². The number of carboxylic acids is 1. The predicted octanol–water partition coefficient (Wildman–Crippen LogP) is 1.98. The minimum absolute atomic E-state index is 0.00471. The number of aryl methyl sites for hydroxylation is 1. The number of benzene rings is 1. The van der Waals surface area contributed by atoms with E-state index in [1.807, 2.05) is 0 Å². The lowest BCUT2D eigenvalue weighted by Gasteiger charge is -2.07. The Morgan fingerprint density at radius 2 is 2.16 bits per heavy atom. The number of aromatic nitrogens is 2. The van der Waals surface area contributed by atoms with E-state index in [-0.39, 0.29) is 17.9 Å². The van der Waals surface area contributed by atoms with Gasteiger partial charge in [-0.25, -0.2) is 13.6 Å². The van der Waals surface area contributed by atoms with Crippen LogP contribution >= 0.6 is 0 Å². The van der Waals surface area contributed by atoms with Crippen LogP contribution in [0.5, 0.6) is 5.75 Å². The summed E-state index contributed by atoms with van der Waals surface area (Å²) in [5.41, 5.74) is 0.335. The summed E-state index contributed by atoms with van der Waals surface area (Å²) in [5, 5.41) is 12.7. The van der Waals surface area contributed by atoms with Gasteiger partial charge in [-0.3, -0.25) is 4.68 Å². The van der Waals surface area contributed by atoms with Crippen LogP contribution in [0, 0.1) is 11.6 Å². The van der Waals surface area contributed by atoms with Gasteiger partial charge in [0.05, 0.1) is 11.9 Å². The molecule has 5 nitrogen and oxygen atoms in total. The van der Waals surface area contributed by atoms with E-state index >= 15 is 0 Å². The molecule has 0 aliphatic heterocycles. The highest BCUT2D eigenvalue weighted by molar-refractivity contribution is 5.88. The van der Waals surface area contributed by atoms with Crippen molar-refractivity contribution in [2.24, 2.45) is 7.05 Å². The number of ether oxygens (including phenoxy) is 1. The molecule has 0 bridgehead atoms. The molecule has 0 aliphatic carbocycles. The van der Waals surface area contributed by atoms with Gasteiger partial charge in [-0.2, -0.15) is 5.10 Å². The largest absolute Gasteiger partial charge is 0.487 e. The van der Waals surface area contributed by atoms with Gasteiger partial charge < -0.3 is 9.84 Å². The Balaban J connectivity index is 2.16. The number of rotatable bonds is 4. The van der Waals surface area contributed by atoms with E-state index in [2.05, 4.69) is 5.10 Å². The van der Waals surface area contributed by atoms with Crippen LogP contribution in [0.4, 0.5) is 8.78 Å². The van der Waals surface area contributed by atoms with Crippen LogP contribution < -0.4 is 4.74 Å². The molecule has 0 aliphatic rings. The lowest BCUT2D eigenvalue weighted by Crippen LogP contribution is -2.08. The lowest BCUT2D eigenvalue weighted by molar-refractivity contribution is 0.0693. The van der Waals surface area contributed by atoms with Crippen molar-refractivity contribution in [3.8, 4) is 5.75 Å². The van der Waals surface area contributed by atoms with Crippen LogP contribution in [0.3, 0.4) is 0 Å². The van der Waals surface area contributed by atoms with Gasteiger partial charge in [0.25, 0.3) is 0 Å². The summed E-state index contributed by atoms with van der Waals surface area (Å²) in [6.07, 6.45) is 1.20. The normalized spacial score (nSPS) is 10.5. The molecule has 0 fully saturated rings. The Bertz CT molecular complexity index is 625. The molecule has 2 rings (SSSR count). The number of aromatic carboxylic acids is 1. The molecule has 0 unspecified atom stereocenters. The minimum Gasteiger partial charge on any atom is -0.487 e. The molecule has 0 amide bonds. The van der Waals surface area contributed by atoms with Crippen molar-refractivity contribution >= 4 is 5.97 Å². The van der Waals surface area contributed by atoms with Crippen molar-refractivity contribution in [2.45, 2.75) is 6.61 Å². The monoisotopic (exact) mass is 268 g/mol. The highest BCUT2D eigenvalue weighted by atomic mass is 19.2. The van der Waals surface area contributed by atoms with Gasteiger partial charge in [0, 0.05) is 13.1 Å². The number of nitrogens with zero attached hydrogens (tertiary/aromatic N) is 2. The topological polar surface area (TPSA) is 64.4 Å². The molecule has 0 atom stereocenters. The third-order valence-electron chi connectivity index (χ3n) is 2.56. The average molecular weight is 268 g/mol. The lowest BCUT2D eigenvalue weighted by atomic mass is 10.2. The summed E-state index contributed by atoms with van der Waals surface area (Å²) in [7, 11) is 1.57. The zero-order chi connectivity index (χ0) is 14.0. The summed E-state index contributed by atoms with van der Waals surface area (Å²) in [6, 6.07) is 3.09. The summed E-state index contributed by atoms with van der Waals surface area (Å²) in [4.78, 5) is 10.9. The molecule has 1 N–H and O–H groups in total. The first kappa shape index (κ1) is 13.0. The standard InChI is InChI=1S/C12H10F2N2O3/c1-16-11(8(5-15-16)12(17)18)6-19-7-2-3-9(13)10(14)4-7/h2-5H,6H2,1H3,(H,17,18). The van der Waals surface area contributed by atoms with Crippen molar-refractivity contribution in [1.29, 1.82) is 0 Å². The number of carbonyl (C=O) groups is 1. The van der Waals surface area contributed by atoms with Gasteiger partial charge in [-0.05, 0) is 12.1 Å². The molecule has 2 aromatic rings. The molecule has 19 heavy (non-hydrogen) atoms. The van der Waals surface area contributed by atoms with E-state index in [9.17, 15) is 13.6 Å². The van der Waals surface area contributed by atoms with Gasteiger partial charge in [0.2, 0.25) is 0 Å². The van der Waals surface area contributed by atoms with Crippen molar-refractivity contribution in [1.82, 2.24) is 9.78 Å². The Hall–Kier alpha value is -2.44. The van der Waals surface area contributed by atoms with Crippen molar-refractivity contribution in [3.63, 3.8) is 0 Å². The van der Waals surface area contributed by atoms with Crippen molar-refractivity contribution in [3.05, 3.63) is 47.3 Å². The molecule has 0 radical (unpaired) electrons. The molecular weight excluding hydrogens is 258 g/mol. The maximum absolute atomic E-state index is 13.0. The molecule has 1 aromatic carbocycles. The second-order valence-corrected chi connectivity index (χ2v) is 3.80. The fraction of sp³-hybridized carbons (Fsp3) is 0.167. The number of hydrogen-bond donors (Lipinski definition) is 1. The Morgan fingerprint density at radius 1 is 1.42 bits per heavy atom. The van der Waals surface area contributed by atoms with E-state index in [4.69, 9.17) is 9.84 Å². The summed E-state index contributed by atoms with van der Waals surface area (Å²) in [5.74, 6) is -3.02. The summed E-state index contributed by atoms with van der Waals surface area (Å²) < 4.78 is 32.3. The van der Waals surface area contributed by atoms with Crippen molar-refractivity contribution < 1.29 is 23.4 Å². The average Bonchev–Trinajstić information content (AvgIpc) is 2.72. The molecule has 0 spiro atoms. The smallest absolute Gasteiger partial charge is 0.339 e. The van der Waals surface area contributed by atoms with Gasteiger partial charge >= 0.3 is 5.97 Å². The third kappa shape index (κ3) is 2.70. The minimum atomic E-state index is -1.13. The van der Waals surface area contributed by atoms with E-state index in [0.717, 1.165) is 12.1 Å². The van der Waals surface area contributed by atoms with Crippen LogP contribution in [0.2, 0.25) is 0 Å². The van der Waals surface area contributed by atoms with E-state index in [0.29, 0.717) is 5.69 Å². The zero-order valence-electron chi connectivity index (χ0n) is 9.93. The molecular formula is C12H10F2N2O3. The first-order valence-electron chi connectivity index (χ1n) is 5.31. The quantitative estimate of drug-likeness (QED) is 0.920. The maximum Gasteiger partial charge on any atom is 0.339 e. The van der Waals surface area contributed by atoms with Crippen molar-refractivity contribution in [2.75, 3.05) is 0 Å². The predicted molar refractivity (Wildman–Crippen MR) is 60.9 cm³/mol. The molecule has 100 valence electrons. The fourth-order valence-electron chi connectivity index (χ4n) is 1.53. The highest BCUT2D eigenvalue weighted by Gasteiger charge is 2.15. The van der Waals surface area contributed by atoms with Crippen LogP contribution in [-0.2, 0) is 13.7 Å². The summed E-state index contributed by atoms with van der Waals surface area (Å²) in [6.45, 7) is -0.108. The second-order valence-electron chi connectivity index (χ2n) is 3.80. The van der Waals surface area contributed by atoms with Crippen LogP contribution in [-0.4, -0.2) is 20.9 Å². The molecule has 7 heteroatoms. The van der Waals surface area contributed by atoms with Gasteiger partial charge in [0.1, 0.15) is 17.9 Å². The number of hydrogen-bond acceptors (Lipinski definition) is 3. The SMILES string of the molecule is Cn1ncc(C(=O)O)c1COc1ccc(F)c(F)c1. The van der Waals surface area contributed by atoms with E-state index < -0.39 is 17.6 Å².